The molecule has 0 N–H and O–H groups in total. The Bertz CT molecular complexity index is 785. The van der Waals surface area contributed by atoms with E-state index >= 15 is 0 Å². The third-order valence-corrected chi connectivity index (χ3v) is 4.09. The van der Waals surface area contributed by atoms with E-state index in [1.165, 1.54) is 21.3 Å². The van der Waals surface area contributed by atoms with E-state index in [0.29, 0.717) is 28.4 Å². The Morgan fingerprint density at radius 1 is 0.926 bits per heavy atom. The zero-order valence-electron chi connectivity index (χ0n) is 16.2. The fourth-order valence-corrected chi connectivity index (χ4v) is 2.65. The smallest absolute Gasteiger partial charge is 0.310 e. The van der Waals surface area contributed by atoms with Crippen LogP contribution in [-0.2, 0) is 16.0 Å². The molecule has 6 nitrogen and oxygen atoms in total. The number of ketones is 1. The van der Waals surface area contributed by atoms with Crippen LogP contribution in [0.2, 0.25) is 0 Å². The summed E-state index contributed by atoms with van der Waals surface area (Å²) in [5.41, 5.74) is 2.19. The van der Waals surface area contributed by atoms with Crippen molar-refractivity contribution in [3.8, 4) is 17.2 Å². The second-order valence-electron chi connectivity index (χ2n) is 6.07. The number of rotatable bonds is 8. The molecule has 0 saturated carbocycles. The van der Waals surface area contributed by atoms with Crippen molar-refractivity contribution in [2.75, 3.05) is 21.3 Å². The van der Waals surface area contributed by atoms with Gasteiger partial charge in [-0.2, -0.15) is 0 Å². The number of esters is 1. The fraction of sp³-hybridized carbons (Fsp3) is 0.333. The molecule has 0 fully saturated rings. The molecule has 0 saturated heterocycles. The van der Waals surface area contributed by atoms with Crippen LogP contribution in [0, 0.1) is 6.92 Å². The predicted molar refractivity (Wildman–Crippen MR) is 101 cm³/mol. The number of Topliss-reactive ketones (excluding diaryl/α,β-unsaturated/α-hetero) is 1. The molecule has 0 aliphatic carbocycles. The third-order valence-electron chi connectivity index (χ3n) is 4.09. The Hall–Kier alpha value is -3.02. The van der Waals surface area contributed by atoms with Crippen molar-refractivity contribution in [2.24, 2.45) is 0 Å². The van der Waals surface area contributed by atoms with Crippen LogP contribution >= 0.6 is 0 Å². The minimum atomic E-state index is -0.873. The number of aryl methyl sites for hydroxylation is 1. The zero-order valence-corrected chi connectivity index (χ0v) is 16.2. The minimum Gasteiger partial charge on any atom is -0.493 e. The van der Waals surface area contributed by atoms with Gasteiger partial charge in [-0.25, -0.2) is 0 Å². The second kappa shape index (κ2) is 9.07. The lowest BCUT2D eigenvalue weighted by molar-refractivity contribution is -0.145. The van der Waals surface area contributed by atoms with Crippen molar-refractivity contribution >= 4 is 11.8 Å². The maximum Gasteiger partial charge on any atom is 0.310 e. The normalized spacial score (nSPS) is 11.4. The summed E-state index contributed by atoms with van der Waals surface area (Å²) in [5, 5.41) is 0. The van der Waals surface area contributed by atoms with Gasteiger partial charge in [0.05, 0.1) is 27.8 Å². The van der Waals surface area contributed by atoms with Gasteiger partial charge in [-0.05, 0) is 31.5 Å². The van der Waals surface area contributed by atoms with Gasteiger partial charge in [0.15, 0.2) is 17.6 Å². The molecular formula is C21H24O6. The second-order valence-corrected chi connectivity index (χ2v) is 6.07. The summed E-state index contributed by atoms with van der Waals surface area (Å²) in [7, 11) is 4.51. The summed E-state index contributed by atoms with van der Waals surface area (Å²) in [6.07, 6.45) is -0.898. The van der Waals surface area contributed by atoms with E-state index in [1.807, 2.05) is 19.1 Å². The van der Waals surface area contributed by atoms with Gasteiger partial charge >= 0.3 is 5.97 Å². The number of methoxy groups -OCH3 is 3. The molecular weight excluding hydrogens is 348 g/mol. The first kappa shape index (κ1) is 20.3. The topological polar surface area (TPSA) is 71.1 Å². The number of hydrogen-bond acceptors (Lipinski definition) is 6. The highest BCUT2D eigenvalue weighted by molar-refractivity contribution is 6.00. The van der Waals surface area contributed by atoms with Gasteiger partial charge in [-0.1, -0.05) is 29.8 Å². The molecule has 144 valence electrons. The molecule has 0 unspecified atom stereocenters. The van der Waals surface area contributed by atoms with Crippen molar-refractivity contribution in [2.45, 2.75) is 26.4 Å². The summed E-state index contributed by atoms with van der Waals surface area (Å²) in [6.45, 7) is 3.50. The first-order chi connectivity index (χ1) is 12.9. The quantitative estimate of drug-likeness (QED) is 0.523. The molecule has 0 amide bonds. The molecule has 6 heteroatoms. The third kappa shape index (κ3) is 5.00. The van der Waals surface area contributed by atoms with Crippen LogP contribution in [0.3, 0.4) is 0 Å². The molecule has 0 spiro atoms. The SMILES string of the molecule is COc1cc(CC(=O)O[C@H](C)C(=O)c2ccc(C)cc2)cc(OC)c1OC. The average molecular weight is 372 g/mol. The van der Waals surface area contributed by atoms with E-state index in [2.05, 4.69) is 0 Å². The van der Waals surface area contributed by atoms with Crippen LogP contribution < -0.4 is 14.2 Å². The maximum absolute atomic E-state index is 12.4. The highest BCUT2D eigenvalue weighted by Gasteiger charge is 2.21. The monoisotopic (exact) mass is 372 g/mol. The summed E-state index contributed by atoms with van der Waals surface area (Å²) in [6, 6.07) is 10.5. The van der Waals surface area contributed by atoms with E-state index in [-0.39, 0.29) is 12.2 Å². The minimum absolute atomic E-state index is 0.0256. The first-order valence-electron chi connectivity index (χ1n) is 8.48. The molecule has 2 aromatic carbocycles. The number of ether oxygens (including phenoxy) is 4. The lowest BCUT2D eigenvalue weighted by atomic mass is 10.1. The Morgan fingerprint density at radius 2 is 1.48 bits per heavy atom. The molecule has 2 rings (SSSR count). The molecule has 0 aliphatic heterocycles. The molecule has 2 aromatic rings. The van der Waals surface area contributed by atoms with E-state index < -0.39 is 12.1 Å². The molecule has 0 radical (unpaired) electrons. The number of benzene rings is 2. The number of carbonyl (C=O) groups excluding carboxylic acids is 2. The highest BCUT2D eigenvalue weighted by Crippen LogP contribution is 2.38. The first-order valence-corrected chi connectivity index (χ1v) is 8.48. The van der Waals surface area contributed by atoms with Gasteiger partial charge < -0.3 is 18.9 Å². The predicted octanol–water partition coefficient (Wildman–Crippen LogP) is 3.38. The van der Waals surface area contributed by atoms with Crippen LogP contribution in [0.5, 0.6) is 17.2 Å². The van der Waals surface area contributed by atoms with Crippen LogP contribution in [0.1, 0.15) is 28.4 Å². The molecule has 27 heavy (non-hydrogen) atoms. The molecule has 0 aliphatic rings. The fourth-order valence-electron chi connectivity index (χ4n) is 2.65. The zero-order chi connectivity index (χ0) is 20.0. The molecule has 0 aromatic heterocycles. The standard InChI is InChI=1S/C21H24O6/c1-13-6-8-16(9-7-13)20(23)14(2)27-19(22)12-15-10-17(24-3)21(26-5)18(11-15)25-4/h6-11,14H,12H2,1-5H3/t14-/m1/s1. The average Bonchev–Trinajstić information content (AvgIpc) is 2.66. The Morgan fingerprint density at radius 3 is 1.96 bits per heavy atom. The van der Waals surface area contributed by atoms with Crippen LogP contribution in [0.15, 0.2) is 36.4 Å². The van der Waals surface area contributed by atoms with Gasteiger partial charge in [0.25, 0.3) is 0 Å². The summed E-state index contributed by atoms with van der Waals surface area (Å²) >= 11 is 0. The van der Waals surface area contributed by atoms with Crippen LogP contribution in [0.4, 0.5) is 0 Å². The maximum atomic E-state index is 12.4. The van der Waals surface area contributed by atoms with Gasteiger partial charge in [0, 0.05) is 5.56 Å². The molecule has 1 atom stereocenters. The van der Waals surface area contributed by atoms with Crippen LogP contribution in [0.25, 0.3) is 0 Å². The van der Waals surface area contributed by atoms with Crippen molar-refractivity contribution in [3.63, 3.8) is 0 Å². The lowest BCUT2D eigenvalue weighted by Crippen LogP contribution is -2.25. The largest absolute Gasteiger partial charge is 0.493 e. The van der Waals surface area contributed by atoms with Gasteiger partial charge in [-0.15, -0.1) is 0 Å². The van der Waals surface area contributed by atoms with Crippen molar-refractivity contribution < 1.29 is 28.5 Å². The van der Waals surface area contributed by atoms with E-state index in [9.17, 15) is 9.59 Å². The van der Waals surface area contributed by atoms with Gasteiger partial charge in [0.1, 0.15) is 0 Å². The summed E-state index contributed by atoms with van der Waals surface area (Å²) in [5.74, 6) is 0.581. The Balaban J connectivity index is 2.08. The van der Waals surface area contributed by atoms with E-state index in [0.717, 1.165) is 5.56 Å². The summed E-state index contributed by atoms with van der Waals surface area (Å²) < 4.78 is 21.1. The van der Waals surface area contributed by atoms with Gasteiger partial charge in [0.2, 0.25) is 11.5 Å². The number of hydrogen-bond donors (Lipinski definition) is 0. The Labute approximate surface area is 159 Å². The number of carbonyl (C=O) groups is 2. The van der Waals surface area contributed by atoms with Gasteiger partial charge in [-0.3, -0.25) is 9.59 Å². The summed E-state index contributed by atoms with van der Waals surface area (Å²) in [4.78, 5) is 24.7. The molecule has 0 heterocycles. The highest BCUT2D eigenvalue weighted by atomic mass is 16.5. The van der Waals surface area contributed by atoms with E-state index in [1.54, 1.807) is 31.2 Å². The molecule has 0 bridgehead atoms. The van der Waals surface area contributed by atoms with Crippen LogP contribution in [-0.4, -0.2) is 39.2 Å². The van der Waals surface area contributed by atoms with Crippen molar-refractivity contribution in [1.82, 2.24) is 0 Å². The van der Waals surface area contributed by atoms with E-state index in [4.69, 9.17) is 18.9 Å². The lowest BCUT2D eigenvalue weighted by Gasteiger charge is -2.15. The van der Waals surface area contributed by atoms with Crippen molar-refractivity contribution in [3.05, 3.63) is 53.1 Å². The van der Waals surface area contributed by atoms with Crippen molar-refractivity contribution in [1.29, 1.82) is 0 Å². The Kier molecular flexibility index (Phi) is 6.82.